The monoisotopic (exact) mass is 525 g/mol. The summed E-state index contributed by atoms with van der Waals surface area (Å²) in [7, 11) is 0. The van der Waals surface area contributed by atoms with Gasteiger partial charge in [0.1, 0.15) is 11.9 Å². The predicted octanol–water partition coefficient (Wildman–Crippen LogP) is 4.05. The Morgan fingerprint density at radius 1 is 1.25 bits per heavy atom. The van der Waals surface area contributed by atoms with E-state index in [0.29, 0.717) is 23.1 Å². The molecule has 32 heavy (non-hydrogen) atoms. The summed E-state index contributed by atoms with van der Waals surface area (Å²) in [5, 5.41) is 16.2. The first-order chi connectivity index (χ1) is 15.4. The van der Waals surface area contributed by atoms with E-state index in [4.69, 9.17) is 30.4 Å². The summed E-state index contributed by atoms with van der Waals surface area (Å²) < 4.78 is 18.6. The van der Waals surface area contributed by atoms with E-state index in [0.717, 1.165) is 46.4 Å². The molecule has 3 aromatic rings. The van der Waals surface area contributed by atoms with Crippen molar-refractivity contribution < 1.29 is 23.6 Å². The fourth-order valence-electron chi connectivity index (χ4n) is 3.49. The maximum absolute atomic E-state index is 11.0. The van der Waals surface area contributed by atoms with Crippen LogP contribution in [0.1, 0.15) is 45.1 Å². The molecule has 0 aliphatic heterocycles. The predicted molar refractivity (Wildman–Crippen MR) is 116 cm³/mol. The maximum atomic E-state index is 11.0. The van der Waals surface area contributed by atoms with Crippen LogP contribution in [0.4, 0.5) is 0 Å². The van der Waals surface area contributed by atoms with Crippen LogP contribution >= 0.6 is 27.5 Å². The lowest BCUT2D eigenvalue weighted by Gasteiger charge is -2.29. The Bertz CT molecular complexity index is 1100. The van der Waals surface area contributed by atoms with Crippen LogP contribution in [0.5, 0.6) is 11.6 Å². The number of nitrogens with zero attached hydrogens (tertiary/aromatic N) is 5. The number of halogens is 2. The number of carbonyl (C=O) groups is 1. The largest absolute Gasteiger partial charge is 0.489 e. The van der Waals surface area contributed by atoms with E-state index in [2.05, 4.69) is 36.5 Å². The number of ether oxygens (including phenoxy) is 2. The Labute approximate surface area is 197 Å². The molecule has 0 radical (unpaired) electrons. The van der Waals surface area contributed by atoms with Crippen LogP contribution in [0.2, 0.25) is 5.02 Å². The molecule has 12 heteroatoms. The quantitative estimate of drug-likeness (QED) is 0.420. The summed E-state index contributed by atoms with van der Waals surface area (Å²) in [5.41, 5.74) is 0.730. The van der Waals surface area contributed by atoms with Crippen LogP contribution in [0.15, 0.2) is 27.2 Å². The molecule has 0 amide bonds. The molecule has 0 atom stereocenters. The lowest BCUT2D eigenvalue weighted by molar-refractivity contribution is -0.145. The molecule has 2 heterocycles. The molecule has 0 spiro atoms. The zero-order valence-corrected chi connectivity index (χ0v) is 19.8. The summed E-state index contributed by atoms with van der Waals surface area (Å²) in [5.74, 6) is 1.09. The standard InChI is InChI=1S/C20H21BrClN5O5/c1-3-15-18(19-23-26-27(24-19)32-11(2)28)31-25-20(15)30-14-7-5-13(6-8-14)29-17-10-12(22)4-9-16(17)21/h4,9-10,13-14H,3,5-8H2,1-2H3. The third-order valence-electron chi connectivity index (χ3n) is 5.00. The van der Waals surface area contributed by atoms with Gasteiger partial charge in [0, 0.05) is 16.9 Å². The van der Waals surface area contributed by atoms with Gasteiger partial charge in [-0.05, 0) is 76.6 Å². The van der Waals surface area contributed by atoms with Crippen LogP contribution < -0.4 is 14.3 Å². The fraction of sp³-hybridized carbons (Fsp3) is 0.450. The maximum Gasteiger partial charge on any atom is 0.333 e. The molecule has 10 nitrogen and oxygen atoms in total. The fourth-order valence-corrected chi connectivity index (χ4v) is 4.00. The Morgan fingerprint density at radius 2 is 1.97 bits per heavy atom. The first-order valence-corrected chi connectivity index (χ1v) is 11.4. The first kappa shape index (κ1) is 22.5. The van der Waals surface area contributed by atoms with Gasteiger partial charge in [-0.1, -0.05) is 23.6 Å². The van der Waals surface area contributed by atoms with Crippen molar-refractivity contribution in [1.29, 1.82) is 0 Å². The van der Waals surface area contributed by atoms with Gasteiger partial charge >= 0.3 is 5.97 Å². The second kappa shape index (κ2) is 9.86. The van der Waals surface area contributed by atoms with E-state index in [1.807, 2.05) is 25.1 Å². The lowest BCUT2D eigenvalue weighted by atomic mass is 9.95. The van der Waals surface area contributed by atoms with Gasteiger partial charge in [-0.15, -0.1) is 5.10 Å². The molecule has 2 aromatic heterocycles. The number of aromatic nitrogens is 5. The van der Waals surface area contributed by atoms with Gasteiger partial charge in [-0.25, -0.2) is 4.79 Å². The van der Waals surface area contributed by atoms with Crippen molar-refractivity contribution in [3.63, 3.8) is 0 Å². The molecule has 1 aliphatic rings. The summed E-state index contributed by atoms with van der Waals surface area (Å²) in [6.45, 7) is 3.20. The van der Waals surface area contributed by atoms with Crippen LogP contribution in [-0.2, 0) is 11.2 Å². The Hall–Kier alpha value is -2.66. The van der Waals surface area contributed by atoms with Gasteiger partial charge in [0.2, 0.25) is 11.6 Å². The van der Waals surface area contributed by atoms with Gasteiger partial charge < -0.3 is 18.8 Å². The third kappa shape index (κ3) is 5.21. The lowest BCUT2D eigenvalue weighted by Crippen LogP contribution is -2.30. The molecule has 1 aromatic carbocycles. The van der Waals surface area contributed by atoms with E-state index in [-0.39, 0.29) is 18.0 Å². The van der Waals surface area contributed by atoms with Crippen molar-refractivity contribution in [1.82, 2.24) is 25.5 Å². The highest BCUT2D eigenvalue weighted by Gasteiger charge is 2.28. The highest BCUT2D eigenvalue weighted by atomic mass is 79.9. The Balaban J connectivity index is 1.37. The topological polar surface area (TPSA) is 114 Å². The molecule has 4 rings (SSSR count). The average molecular weight is 527 g/mol. The molecule has 1 fully saturated rings. The molecular formula is C20H21BrClN5O5. The van der Waals surface area contributed by atoms with Crippen LogP contribution in [0.25, 0.3) is 11.6 Å². The highest BCUT2D eigenvalue weighted by molar-refractivity contribution is 9.10. The molecular weight excluding hydrogens is 506 g/mol. The van der Waals surface area contributed by atoms with E-state index in [9.17, 15) is 4.79 Å². The smallest absolute Gasteiger partial charge is 0.333 e. The van der Waals surface area contributed by atoms with Crippen molar-refractivity contribution in [2.45, 2.75) is 58.2 Å². The Morgan fingerprint density at radius 3 is 2.66 bits per heavy atom. The molecule has 1 aliphatic carbocycles. The van der Waals surface area contributed by atoms with Crippen LogP contribution in [-0.4, -0.2) is 43.7 Å². The van der Waals surface area contributed by atoms with E-state index < -0.39 is 5.97 Å². The van der Waals surface area contributed by atoms with Crippen LogP contribution in [0, 0.1) is 0 Å². The SMILES string of the molecule is CCc1c(OC2CCC(Oc3cc(Cl)ccc3Br)CC2)noc1-c1nnn(OC(C)=O)n1. The number of carbonyl (C=O) groups excluding carboxylic acids is 1. The number of tetrazole rings is 1. The van der Waals surface area contributed by atoms with Gasteiger partial charge in [-0.3, -0.25) is 0 Å². The summed E-state index contributed by atoms with van der Waals surface area (Å²) in [4.78, 5) is 16.5. The molecule has 1 saturated carbocycles. The molecule has 0 bridgehead atoms. The second-order valence-electron chi connectivity index (χ2n) is 7.31. The number of hydrogen-bond donors (Lipinski definition) is 0. The normalized spacial score (nSPS) is 18.4. The zero-order valence-electron chi connectivity index (χ0n) is 17.5. The van der Waals surface area contributed by atoms with Gasteiger partial charge in [-0.2, -0.15) is 0 Å². The molecule has 0 saturated heterocycles. The number of rotatable bonds is 7. The second-order valence-corrected chi connectivity index (χ2v) is 8.60. The molecule has 170 valence electrons. The van der Waals surface area contributed by atoms with Crippen LogP contribution in [0.3, 0.4) is 0 Å². The van der Waals surface area contributed by atoms with E-state index >= 15 is 0 Å². The van der Waals surface area contributed by atoms with Gasteiger partial charge in [0.15, 0.2) is 0 Å². The summed E-state index contributed by atoms with van der Waals surface area (Å²) >= 11 is 9.57. The van der Waals surface area contributed by atoms with E-state index in [1.165, 1.54) is 6.92 Å². The van der Waals surface area contributed by atoms with Gasteiger partial charge in [0.05, 0.1) is 16.1 Å². The average Bonchev–Trinajstić information content (AvgIpc) is 3.38. The third-order valence-corrected chi connectivity index (χ3v) is 5.89. The molecule has 0 unspecified atom stereocenters. The summed E-state index contributed by atoms with van der Waals surface area (Å²) in [6.07, 6.45) is 3.98. The number of benzene rings is 1. The Kier molecular flexibility index (Phi) is 6.95. The van der Waals surface area contributed by atoms with Crippen molar-refractivity contribution in [3.8, 4) is 23.2 Å². The first-order valence-electron chi connectivity index (χ1n) is 10.2. The van der Waals surface area contributed by atoms with E-state index in [1.54, 1.807) is 0 Å². The summed E-state index contributed by atoms with van der Waals surface area (Å²) in [6, 6.07) is 5.50. The van der Waals surface area contributed by atoms with Crippen molar-refractivity contribution in [2.75, 3.05) is 0 Å². The minimum atomic E-state index is -0.562. The molecule has 0 N–H and O–H groups in total. The van der Waals surface area contributed by atoms with Crippen molar-refractivity contribution in [2.24, 2.45) is 0 Å². The van der Waals surface area contributed by atoms with Crippen molar-refractivity contribution >= 4 is 33.5 Å². The minimum absolute atomic E-state index is 0.00871. The zero-order chi connectivity index (χ0) is 22.7. The van der Waals surface area contributed by atoms with Crippen molar-refractivity contribution in [3.05, 3.63) is 33.3 Å². The number of hydrogen-bond acceptors (Lipinski definition) is 9. The minimum Gasteiger partial charge on any atom is -0.489 e. The highest BCUT2D eigenvalue weighted by Crippen LogP contribution is 2.34. The van der Waals surface area contributed by atoms with Gasteiger partial charge in [0.25, 0.3) is 5.88 Å².